The molecule has 0 radical (unpaired) electrons. The Morgan fingerprint density at radius 1 is 1.32 bits per heavy atom. The summed E-state index contributed by atoms with van der Waals surface area (Å²) in [5.41, 5.74) is 0.462. The number of rotatable bonds is 2. The lowest BCUT2D eigenvalue weighted by Crippen LogP contribution is -2.34. The van der Waals surface area contributed by atoms with Crippen LogP contribution < -0.4 is 10.1 Å². The van der Waals surface area contributed by atoms with Gasteiger partial charge in [0.2, 0.25) is 0 Å². The largest absolute Gasteiger partial charge is 0.573 e. The maximum absolute atomic E-state index is 13.9. The van der Waals surface area contributed by atoms with Crippen molar-refractivity contribution in [1.29, 1.82) is 0 Å². The monoisotopic (exact) mass is 277 g/mol. The van der Waals surface area contributed by atoms with Crippen molar-refractivity contribution >= 4 is 0 Å². The molecule has 19 heavy (non-hydrogen) atoms. The van der Waals surface area contributed by atoms with E-state index in [1.165, 1.54) is 12.1 Å². The van der Waals surface area contributed by atoms with Gasteiger partial charge >= 0.3 is 6.36 Å². The van der Waals surface area contributed by atoms with Gasteiger partial charge in [-0.3, -0.25) is 0 Å². The molecule has 0 saturated carbocycles. The molecule has 0 bridgehead atoms. The summed E-state index contributed by atoms with van der Waals surface area (Å²) in [5, 5.41) is 3.20. The highest BCUT2D eigenvalue weighted by atomic mass is 19.4. The van der Waals surface area contributed by atoms with Crippen molar-refractivity contribution in [3.05, 3.63) is 29.6 Å². The summed E-state index contributed by atoms with van der Waals surface area (Å²) in [4.78, 5) is 0. The van der Waals surface area contributed by atoms with E-state index in [-0.39, 0.29) is 11.8 Å². The summed E-state index contributed by atoms with van der Waals surface area (Å²) >= 11 is 0. The Morgan fingerprint density at radius 3 is 2.63 bits per heavy atom. The van der Waals surface area contributed by atoms with E-state index in [4.69, 9.17) is 0 Å². The predicted molar refractivity (Wildman–Crippen MR) is 62.5 cm³/mol. The van der Waals surface area contributed by atoms with Gasteiger partial charge in [-0.2, -0.15) is 0 Å². The fourth-order valence-electron chi connectivity index (χ4n) is 2.48. The normalized spacial score (nSPS) is 24.3. The van der Waals surface area contributed by atoms with Crippen LogP contribution in [0.2, 0.25) is 0 Å². The summed E-state index contributed by atoms with van der Waals surface area (Å²) < 4.78 is 53.7. The number of nitrogens with one attached hydrogen (secondary N) is 1. The second-order valence-electron chi connectivity index (χ2n) is 4.81. The molecule has 1 aromatic rings. The van der Waals surface area contributed by atoms with Crippen LogP contribution in [0.4, 0.5) is 17.6 Å². The minimum atomic E-state index is -4.80. The van der Waals surface area contributed by atoms with E-state index < -0.39 is 17.9 Å². The van der Waals surface area contributed by atoms with Gasteiger partial charge in [0.15, 0.2) is 0 Å². The molecule has 1 aliphatic rings. The number of hydrogen-bond donors (Lipinski definition) is 1. The molecule has 0 aromatic heterocycles. The maximum Gasteiger partial charge on any atom is 0.573 e. The molecule has 6 heteroatoms. The third-order valence-corrected chi connectivity index (χ3v) is 3.39. The summed E-state index contributed by atoms with van der Waals surface area (Å²) in [6, 6.07) is 3.36. The van der Waals surface area contributed by atoms with Gasteiger partial charge in [-0.25, -0.2) is 4.39 Å². The number of piperidine rings is 1. The van der Waals surface area contributed by atoms with Gasteiger partial charge in [0, 0.05) is 6.07 Å². The molecular weight excluding hydrogens is 262 g/mol. The average molecular weight is 277 g/mol. The van der Waals surface area contributed by atoms with Crippen LogP contribution in [0, 0.1) is 11.7 Å². The smallest absolute Gasteiger partial charge is 0.406 e. The van der Waals surface area contributed by atoms with Crippen molar-refractivity contribution in [1.82, 2.24) is 5.32 Å². The zero-order chi connectivity index (χ0) is 14.0. The topological polar surface area (TPSA) is 21.3 Å². The van der Waals surface area contributed by atoms with Crippen molar-refractivity contribution in [3.8, 4) is 5.75 Å². The van der Waals surface area contributed by atoms with Gasteiger partial charge in [-0.05, 0) is 43.0 Å². The third kappa shape index (κ3) is 3.59. The maximum atomic E-state index is 13.9. The van der Waals surface area contributed by atoms with Crippen molar-refractivity contribution in [2.45, 2.75) is 25.6 Å². The van der Waals surface area contributed by atoms with E-state index in [1.807, 2.05) is 6.92 Å². The second kappa shape index (κ2) is 5.36. The molecule has 1 heterocycles. The van der Waals surface area contributed by atoms with Crippen LogP contribution >= 0.6 is 0 Å². The lowest BCUT2D eigenvalue weighted by molar-refractivity contribution is -0.274. The summed E-state index contributed by atoms with van der Waals surface area (Å²) in [6.45, 7) is 3.57. The highest BCUT2D eigenvalue weighted by Crippen LogP contribution is 2.34. The Labute approximate surface area is 108 Å². The van der Waals surface area contributed by atoms with Gasteiger partial charge in [0.05, 0.1) is 0 Å². The van der Waals surface area contributed by atoms with Crippen molar-refractivity contribution in [2.75, 3.05) is 13.1 Å². The SMILES string of the molecule is C[C@H]1CNCC[C@H]1c1ccc(OC(F)(F)F)cc1F. The van der Waals surface area contributed by atoms with Gasteiger partial charge in [0.25, 0.3) is 0 Å². The number of hydrogen-bond acceptors (Lipinski definition) is 2. The van der Waals surface area contributed by atoms with Crippen LogP contribution in [0.3, 0.4) is 0 Å². The van der Waals surface area contributed by atoms with Gasteiger partial charge in [0.1, 0.15) is 11.6 Å². The van der Waals surface area contributed by atoms with Crippen molar-refractivity contribution < 1.29 is 22.3 Å². The Morgan fingerprint density at radius 2 is 2.05 bits per heavy atom. The molecule has 1 fully saturated rings. The van der Waals surface area contributed by atoms with Crippen LogP contribution in [0.25, 0.3) is 0 Å². The van der Waals surface area contributed by atoms with E-state index in [1.54, 1.807) is 0 Å². The first-order valence-electron chi connectivity index (χ1n) is 6.13. The standard InChI is InChI=1S/C13H15F4NO/c1-8-7-18-5-4-10(8)11-3-2-9(6-12(11)14)19-13(15,16)17/h2-3,6,8,10,18H,4-5,7H2,1H3/t8-,10+/m0/s1. The fraction of sp³-hybridized carbons (Fsp3) is 0.538. The number of ether oxygens (including phenoxy) is 1. The predicted octanol–water partition coefficient (Wildman–Crippen LogP) is 3.44. The molecule has 106 valence electrons. The first kappa shape index (κ1) is 14.1. The molecule has 0 unspecified atom stereocenters. The molecule has 0 aliphatic carbocycles. The Hall–Kier alpha value is -1.30. The lowest BCUT2D eigenvalue weighted by atomic mass is 9.82. The number of benzene rings is 1. The number of alkyl halides is 3. The molecular formula is C13H15F4NO. The van der Waals surface area contributed by atoms with E-state index in [0.717, 1.165) is 25.6 Å². The lowest BCUT2D eigenvalue weighted by Gasteiger charge is -2.30. The van der Waals surface area contributed by atoms with Gasteiger partial charge in [-0.1, -0.05) is 13.0 Å². The molecule has 2 nitrogen and oxygen atoms in total. The Kier molecular flexibility index (Phi) is 3.99. The Balaban J connectivity index is 2.19. The Bertz CT molecular complexity index is 447. The zero-order valence-electron chi connectivity index (χ0n) is 10.4. The minimum Gasteiger partial charge on any atom is -0.406 e. The average Bonchev–Trinajstić information content (AvgIpc) is 2.28. The number of halogens is 4. The molecule has 0 amide bonds. The molecule has 0 spiro atoms. The highest BCUT2D eigenvalue weighted by Gasteiger charge is 2.32. The quantitative estimate of drug-likeness (QED) is 0.836. The molecule has 2 rings (SSSR count). The highest BCUT2D eigenvalue weighted by molar-refractivity contribution is 5.32. The minimum absolute atomic E-state index is 0.0289. The third-order valence-electron chi connectivity index (χ3n) is 3.39. The molecule has 1 N–H and O–H groups in total. The van der Waals surface area contributed by atoms with Crippen LogP contribution in [0.15, 0.2) is 18.2 Å². The van der Waals surface area contributed by atoms with Gasteiger partial charge in [-0.15, -0.1) is 13.2 Å². The first-order valence-corrected chi connectivity index (χ1v) is 6.13. The zero-order valence-corrected chi connectivity index (χ0v) is 10.4. The molecule has 2 atom stereocenters. The first-order chi connectivity index (χ1) is 8.87. The second-order valence-corrected chi connectivity index (χ2v) is 4.81. The fourth-order valence-corrected chi connectivity index (χ4v) is 2.48. The van der Waals surface area contributed by atoms with Gasteiger partial charge < -0.3 is 10.1 Å². The van der Waals surface area contributed by atoms with Crippen LogP contribution in [0.1, 0.15) is 24.8 Å². The van der Waals surface area contributed by atoms with Crippen LogP contribution in [-0.4, -0.2) is 19.5 Å². The van der Waals surface area contributed by atoms with E-state index in [0.29, 0.717) is 5.56 Å². The molecule has 1 aromatic carbocycles. The molecule has 1 saturated heterocycles. The van der Waals surface area contributed by atoms with E-state index in [2.05, 4.69) is 10.1 Å². The van der Waals surface area contributed by atoms with E-state index >= 15 is 0 Å². The summed E-state index contributed by atoms with van der Waals surface area (Å²) in [5.74, 6) is -0.880. The van der Waals surface area contributed by atoms with Crippen molar-refractivity contribution in [2.24, 2.45) is 5.92 Å². The van der Waals surface area contributed by atoms with E-state index in [9.17, 15) is 17.6 Å². The van der Waals surface area contributed by atoms with Crippen molar-refractivity contribution in [3.63, 3.8) is 0 Å². The van der Waals surface area contributed by atoms with Crippen LogP contribution in [-0.2, 0) is 0 Å². The summed E-state index contributed by atoms with van der Waals surface area (Å²) in [7, 11) is 0. The van der Waals surface area contributed by atoms with Crippen LogP contribution in [0.5, 0.6) is 5.75 Å². The molecule has 1 aliphatic heterocycles. The summed E-state index contributed by atoms with van der Waals surface area (Å²) in [6.07, 6.45) is -4.02.